The molecule has 19 heavy (non-hydrogen) atoms. The lowest BCUT2D eigenvalue weighted by atomic mass is 10.3. The molecule has 0 saturated carbocycles. The van der Waals surface area contributed by atoms with Gasteiger partial charge in [-0.05, 0) is 66.0 Å². The fourth-order valence-electron chi connectivity index (χ4n) is 1.70. The van der Waals surface area contributed by atoms with Crippen LogP contribution in [0.1, 0.15) is 5.76 Å². The Morgan fingerprint density at radius 2 is 2.05 bits per heavy atom. The number of carbonyl (C=O) groups excluding carboxylic acids is 1. The normalized spacial score (nSPS) is 10.7. The molecule has 1 aromatic heterocycles. The van der Waals surface area contributed by atoms with Crippen molar-refractivity contribution in [1.29, 1.82) is 0 Å². The van der Waals surface area contributed by atoms with E-state index < -0.39 is 0 Å². The molecule has 0 aliphatic rings. The second-order valence-corrected chi connectivity index (χ2v) is 5.55. The largest absolute Gasteiger partial charge is 0.468 e. The van der Waals surface area contributed by atoms with Crippen molar-refractivity contribution in [2.24, 2.45) is 0 Å². The van der Waals surface area contributed by atoms with E-state index in [1.807, 2.05) is 48.3 Å². The van der Waals surface area contributed by atoms with Crippen LogP contribution in [-0.2, 0) is 11.3 Å². The van der Waals surface area contributed by atoms with Gasteiger partial charge in [-0.3, -0.25) is 9.69 Å². The van der Waals surface area contributed by atoms with Crippen molar-refractivity contribution in [3.63, 3.8) is 0 Å². The second kappa shape index (κ2) is 6.72. The maximum Gasteiger partial charge on any atom is 0.238 e. The van der Waals surface area contributed by atoms with Crippen LogP contribution >= 0.6 is 22.6 Å². The number of amides is 1. The molecule has 0 unspecified atom stereocenters. The van der Waals surface area contributed by atoms with Crippen molar-refractivity contribution < 1.29 is 9.21 Å². The van der Waals surface area contributed by atoms with Gasteiger partial charge < -0.3 is 9.73 Å². The molecule has 0 saturated heterocycles. The van der Waals surface area contributed by atoms with Gasteiger partial charge in [-0.1, -0.05) is 0 Å². The summed E-state index contributed by atoms with van der Waals surface area (Å²) >= 11 is 2.23. The van der Waals surface area contributed by atoms with Crippen molar-refractivity contribution in [2.75, 3.05) is 18.9 Å². The molecule has 1 aromatic carbocycles. The molecule has 4 nitrogen and oxygen atoms in total. The number of nitrogens with zero attached hydrogens (tertiary/aromatic N) is 1. The molecule has 1 N–H and O–H groups in total. The first-order valence-corrected chi connectivity index (χ1v) is 6.98. The van der Waals surface area contributed by atoms with Gasteiger partial charge in [-0.25, -0.2) is 0 Å². The topological polar surface area (TPSA) is 45.5 Å². The first kappa shape index (κ1) is 14.1. The summed E-state index contributed by atoms with van der Waals surface area (Å²) in [4.78, 5) is 13.8. The molecule has 1 heterocycles. The van der Waals surface area contributed by atoms with E-state index in [0.29, 0.717) is 13.1 Å². The summed E-state index contributed by atoms with van der Waals surface area (Å²) in [6, 6.07) is 11.5. The molecule has 0 aliphatic heterocycles. The highest BCUT2D eigenvalue weighted by Gasteiger charge is 2.08. The van der Waals surface area contributed by atoms with E-state index in [1.165, 1.54) is 0 Å². The number of carbonyl (C=O) groups is 1. The van der Waals surface area contributed by atoms with Crippen molar-refractivity contribution >= 4 is 34.2 Å². The maximum atomic E-state index is 11.9. The Labute approximate surface area is 125 Å². The van der Waals surface area contributed by atoms with E-state index in [0.717, 1.165) is 15.0 Å². The van der Waals surface area contributed by atoms with Crippen molar-refractivity contribution in [3.05, 3.63) is 52.0 Å². The minimum atomic E-state index is -0.0322. The Balaban J connectivity index is 1.82. The average Bonchev–Trinajstić information content (AvgIpc) is 2.84. The quantitative estimate of drug-likeness (QED) is 0.824. The molecular weight excluding hydrogens is 355 g/mol. The van der Waals surface area contributed by atoms with Gasteiger partial charge >= 0.3 is 0 Å². The summed E-state index contributed by atoms with van der Waals surface area (Å²) in [5, 5.41) is 2.87. The van der Waals surface area contributed by atoms with Crippen LogP contribution in [-0.4, -0.2) is 24.4 Å². The number of halogens is 1. The fraction of sp³-hybridized carbons (Fsp3) is 0.214. The summed E-state index contributed by atoms with van der Waals surface area (Å²) in [6.07, 6.45) is 1.63. The number of benzene rings is 1. The van der Waals surface area contributed by atoms with Crippen LogP contribution in [0.25, 0.3) is 0 Å². The smallest absolute Gasteiger partial charge is 0.238 e. The first-order valence-electron chi connectivity index (χ1n) is 5.90. The zero-order chi connectivity index (χ0) is 13.7. The zero-order valence-electron chi connectivity index (χ0n) is 10.6. The molecule has 0 radical (unpaired) electrons. The number of nitrogens with one attached hydrogen (secondary N) is 1. The lowest BCUT2D eigenvalue weighted by Crippen LogP contribution is -2.29. The molecule has 1 amide bonds. The van der Waals surface area contributed by atoms with Gasteiger partial charge in [0, 0.05) is 9.26 Å². The molecule has 2 aromatic rings. The van der Waals surface area contributed by atoms with E-state index in [2.05, 4.69) is 27.9 Å². The Hall–Kier alpha value is -1.34. The van der Waals surface area contributed by atoms with Crippen LogP contribution < -0.4 is 5.32 Å². The van der Waals surface area contributed by atoms with E-state index in [-0.39, 0.29) is 5.91 Å². The number of furan rings is 1. The lowest BCUT2D eigenvalue weighted by molar-refractivity contribution is -0.117. The predicted molar refractivity (Wildman–Crippen MR) is 82.8 cm³/mol. The van der Waals surface area contributed by atoms with Gasteiger partial charge in [0.2, 0.25) is 5.91 Å². The van der Waals surface area contributed by atoms with Gasteiger partial charge in [0.05, 0.1) is 19.4 Å². The SMILES string of the molecule is CN(CC(=O)Nc1ccc(I)cc1)Cc1ccco1. The van der Waals surface area contributed by atoms with E-state index in [1.54, 1.807) is 6.26 Å². The third-order valence-electron chi connectivity index (χ3n) is 2.55. The van der Waals surface area contributed by atoms with Crippen molar-refractivity contribution in [3.8, 4) is 0 Å². The second-order valence-electron chi connectivity index (χ2n) is 4.31. The number of likely N-dealkylation sites (N-methyl/N-ethyl adjacent to an activating group) is 1. The molecular formula is C14H15IN2O2. The van der Waals surface area contributed by atoms with Crippen LogP contribution in [0, 0.1) is 3.57 Å². The lowest BCUT2D eigenvalue weighted by Gasteiger charge is -2.14. The summed E-state index contributed by atoms with van der Waals surface area (Å²) < 4.78 is 6.39. The standard InChI is InChI=1S/C14H15IN2O2/c1-17(9-13-3-2-8-19-13)10-14(18)16-12-6-4-11(15)5-7-12/h2-8H,9-10H2,1H3,(H,16,18). The minimum Gasteiger partial charge on any atom is -0.468 e. The highest BCUT2D eigenvalue weighted by molar-refractivity contribution is 14.1. The summed E-state index contributed by atoms with van der Waals surface area (Å²) in [5.41, 5.74) is 0.816. The molecule has 0 bridgehead atoms. The third-order valence-corrected chi connectivity index (χ3v) is 3.27. The molecule has 0 spiro atoms. The number of hydrogen-bond donors (Lipinski definition) is 1. The molecule has 0 aliphatic carbocycles. The first-order chi connectivity index (χ1) is 9.13. The zero-order valence-corrected chi connectivity index (χ0v) is 12.8. The van der Waals surface area contributed by atoms with Crippen LogP contribution in [0.3, 0.4) is 0 Å². The Morgan fingerprint density at radius 3 is 2.68 bits per heavy atom. The van der Waals surface area contributed by atoms with Crippen molar-refractivity contribution in [1.82, 2.24) is 4.90 Å². The van der Waals surface area contributed by atoms with Crippen LogP contribution in [0.15, 0.2) is 47.1 Å². The van der Waals surface area contributed by atoms with Gasteiger partial charge in [0.1, 0.15) is 5.76 Å². The van der Waals surface area contributed by atoms with Crippen LogP contribution in [0.5, 0.6) is 0 Å². The predicted octanol–water partition coefficient (Wildman–Crippen LogP) is 2.95. The highest BCUT2D eigenvalue weighted by Crippen LogP contribution is 2.11. The van der Waals surface area contributed by atoms with E-state index in [4.69, 9.17) is 4.42 Å². The minimum absolute atomic E-state index is 0.0322. The molecule has 5 heteroatoms. The number of rotatable bonds is 5. The molecule has 2 rings (SSSR count). The monoisotopic (exact) mass is 370 g/mol. The Bertz CT molecular complexity index is 523. The summed E-state index contributed by atoms with van der Waals surface area (Å²) in [6.45, 7) is 0.944. The molecule has 0 fully saturated rings. The van der Waals surface area contributed by atoms with Gasteiger partial charge in [-0.15, -0.1) is 0 Å². The van der Waals surface area contributed by atoms with Gasteiger partial charge in [0.15, 0.2) is 0 Å². The van der Waals surface area contributed by atoms with Crippen molar-refractivity contribution in [2.45, 2.75) is 6.54 Å². The van der Waals surface area contributed by atoms with E-state index in [9.17, 15) is 4.79 Å². The summed E-state index contributed by atoms with van der Waals surface area (Å²) in [5.74, 6) is 0.819. The van der Waals surface area contributed by atoms with Gasteiger partial charge in [-0.2, -0.15) is 0 Å². The average molecular weight is 370 g/mol. The summed E-state index contributed by atoms with van der Waals surface area (Å²) in [7, 11) is 1.88. The Kier molecular flexibility index (Phi) is 4.98. The number of hydrogen-bond acceptors (Lipinski definition) is 3. The van der Waals surface area contributed by atoms with Gasteiger partial charge in [0.25, 0.3) is 0 Å². The van der Waals surface area contributed by atoms with E-state index >= 15 is 0 Å². The fourth-order valence-corrected chi connectivity index (χ4v) is 2.06. The highest BCUT2D eigenvalue weighted by atomic mass is 127. The maximum absolute atomic E-state index is 11.9. The Morgan fingerprint density at radius 1 is 1.32 bits per heavy atom. The third kappa shape index (κ3) is 4.68. The van der Waals surface area contributed by atoms with Crippen LogP contribution in [0.4, 0.5) is 5.69 Å². The molecule has 100 valence electrons. The number of anilines is 1. The van der Waals surface area contributed by atoms with Crippen LogP contribution in [0.2, 0.25) is 0 Å². The molecule has 0 atom stereocenters.